The summed E-state index contributed by atoms with van der Waals surface area (Å²) in [5.74, 6) is 2.70. The van der Waals surface area contributed by atoms with Crippen molar-refractivity contribution in [1.82, 2.24) is 14.8 Å². The van der Waals surface area contributed by atoms with Crippen molar-refractivity contribution in [1.29, 1.82) is 0 Å². The van der Waals surface area contributed by atoms with E-state index in [4.69, 9.17) is 19.6 Å². The van der Waals surface area contributed by atoms with Crippen LogP contribution in [-0.4, -0.2) is 39.6 Å². The van der Waals surface area contributed by atoms with Crippen LogP contribution >= 0.6 is 11.8 Å². The summed E-state index contributed by atoms with van der Waals surface area (Å²) in [5.41, 5.74) is 5.12. The maximum Gasteiger partial charge on any atom is 0.255 e. The maximum absolute atomic E-state index is 13.9. The second-order valence-electron chi connectivity index (χ2n) is 9.62. The van der Waals surface area contributed by atoms with Crippen LogP contribution in [0.1, 0.15) is 69.7 Å². The van der Waals surface area contributed by atoms with Crippen molar-refractivity contribution in [2.45, 2.75) is 72.0 Å². The van der Waals surface area contributed by atoms with Crippen LogP contribution in [0.25, 0.3) is 0 Å². The summed E-state index contributed by atoms with van der Waals surface area (Å²) in [5, 5.41) is 12.0. The predicted octanol–water partition coefficient (Wildman–Crippen LogP) is 6.90. The lowest BCUT2D eigenvalue weighted by molar-refractivity contribution is -0.113. The molecule has 1 aliphatic heterocycles. The molecule has 0 fully saturated rings. The third-order valence-corrected chi connectivity index (χ3v) is 7.63. The number of carbonyl (C=O) groups is 1. The standard InChI is InChI=1S/C30H39N5O3S/c1-7-10-17-39-30-33-29-31-21(6)26(28(36)32-23-13-11-12-19(4)20(23)5)27(35(29)34-30)22-14-15-24(38-16-8-2)25(18-22)37-9-3/h11-15,18,27H,7-10,16-17H2,1-6H3,(H,32,36)(H,31,33,34). The zero-order chi connectivity index (χ0) is 27.9. The van der Waals surface area contributed by atoms with Gasteiger partial charge in [0.25, 0.3) is 5.91 Å². The van der Waals surface area contributed by atoms with Crippen LogP contribution < -0.4 is 20.1 Å². The molecule has 8 nitrogen and oxygen atoms in total. The molecule has 1 atom stereocenters. The maximum atomic E-state index is 13.9. The van der Waals surface area contributed by atoms with Crippen molar-refractivity contribution in [3.05, 3.63) is 64.4 Å². The molecule has 208 valence electrons. The van der Waals surface area contributed by atoms with Gasteiger partial charge in [0.1, 0.15) is 6.04 Å². The number of unbranched alkanes of at least 4 members (excludes halogenated alkanes) is 1. The van der Waals surface area contributed by atoms with Gasteiger partial charge < -0.3 is 20.1 Å². The molecule has 0 radical (unpaired) electrons. The van der Waals surface area contributed by atoms with E-state index in [0.717, 1.165) is 53.1 Å². The van der Waals surface area contributed by atoms with Crippen LogP contribution in [-0.2, 0) is 4.79 Å². The summed E-state index contributed by atoms with van der Waals surface area (Å²) in [6, 6.07) is 11.3. The highest BCUT2D eigenvalue weighted by atomic mass is 32.2. The van der Waals surface area contributed by atoms with Gasteiger partial charge in [0.2, 0.25) is 11.1 Å². The Bertz CT molecular complexity index is 1350. The molecule has 1 aromatic heterocycles. The van der Waals surface area contributed by atoms with E-state index in [1.807, 2.05) is 68.8 Å². The van der Waals surface area contributed by atoms with Crippen molar-refractivity contribution in [3.8, 4) is 11.5 Å². The number of hydrogen-bond acceptors (Lipinski definition) is 7. The number of allylic oxidation sites excluding steroid dienone is 1. The van der Waals surface area contributed by atoms with Gasteiger partial charge in [0.15, 0.2) is 11.5 Å². The molecule has 0 aliphatic carbocycles. The van der Waals surface area contributed by atoms with Crippen LogP contribution in [0.3, 0.4) is 0 Å². The lowest BCUT2D eigenvalue weighted by Crippen LogP contribution is -2.31. The number of benzene rings is 2. The molecule has 9 heteroatoms. The Hall–Kier alpha value is -3.46. The summed E-state index contributed by atoms with van der Waals surface area (Å²) in [6.07, 6.45) is 3.09. The van der Waals surface area contributed by atoms with Crippen molar-refractivity contribution in [3.63, 3.8) is 0 Å². The number of anilines is 2. The average molecular weight is 550 g/mol. The van der Waals surface area contributed by atoms with Gasteiger partial charge in [-0.3, -0.25) is 4.79 Å². The molecule has 2 N–H and O–H groups in total. The van der Waals surface area contributed by atoms with Crippen LogP contribution in [0, 0.1) is 13.8 Å². The fourth-order valence-electron chi connectivity index (χ4n) is 4.47. The second kappa shape index (κ2) is 13.1. The highest BCUT2D eigenvalue weighted by Crippen LogP contribution is 2.40. The molecular weight excluding hydrogens is 510 g/mol. The highest BCUT2D eigenvalue weighted by molar-refractivity contribution is 7.99. The fourth-order valence-corrected chi connectivity index (χ4v) is 5.39. The predicted molar refractivity (Wildman–Crippen MR) is 158 cm³/mol. The number of aryl methyl sites for hydroxylation is 1. The number of carbonyl (C=O) groups excluding carboxylic acids is 1. The van der Waals surface area contributed by atoms with Crippen molar-refractivity contribution < 1.29 is 14.3 Å². The molecule has 0 spiro atoms. The smallest absolute Gasteiger partial charge is 0.255 e. The molecule has 0 saturated carbocycles. The second-order valence-corrected chi connectivity index (χ2v) is 10.7. The number of nitrogens with one attached hydrogen (secondary N) is 2. The third kappa shape index (κ3) is 6.41. The number of rotatable bonds is 12. The van der Waals surface area contributed by atoms with Gasteiger partial charge in [-0.15, -0.1) is 5.10 Å². The van der Waals surface area contributed by atoms with E-state index in [0.29, 0.717) is 41.4 Å². The summed E-state index contributed by atoms with van der Waals surface area (Å²) in [6.45, 7) is 13.3. The summed E-state index contributed by atoms with van der Waals surface area (Å²) >= 11 is 1.63. The quantitative estimate of drug-likeness (QED) is 0.188. The summed E-state index contributed by atoms with van der Waals surface area (Å²) in [7, 11) is 0. The Morgan fingerprint density at radius 3 is 2.64 bits per heavy atom. The molecule has 4 rings (SSSR count). The van der Waals surface area contributed by atoms with Gasteiger partial charge in [-0.2, -0.15) is 4.98 Å². The SMILES string of the molecule is CCCCSc1nc2n(n1)C(c1ccc(OCCC)c(OCC)c1)C(C(=O)Nc1cccc(C)c1C)=C(C)N2. The Labute approximate surface area is 235 Å². The van der Waals surface area contributed by atoms with Crippen molar-refractivity contribution in [2.24, 2.45) is 0 Å². The normalized spacial score (nSPS) is 14.6. The Morgan fingerprint density at radius 1 is 1.08 bits per heavy atom. The highest BCUT2D eigenvalue weighted by Gasteiger charge is 2.35. The van der Waals surface area contributed by atoms with E-state index in [9.17, 15) is 4.79 Å². The van der Waals surface area contributed by atoms with Crippen LogP contribution in [0.4, 0.5) is 11.6 Å². The van der Waals surface area contributed by atoms with Crippen LogP contribution in [0.5, 0.6) is 11.5 Å². The monoisotopic (exact) mass is 549 g/mol. The first-order valence-electron chi connectivity index (χ1n) is 13.7. The molecule has 1 amide bonds. The number of hydrogen-bond donors (Lipinski definition) is 2. The van der Waals surface area contributed by atoms with E-state index in [-0.39, 0.29) is 5.91 Å². The zero-order valence-electron chi connectivity index (χ0n) is 23.8. The number of amides is 1. The molecule has 39 heavy (non-hydrogen) atoms. The van der Waals surface area contributed by atoms with Gasteiger partial charge in [-0.1, -0.05) is 50.2 Å². The number of thioether (sulfide) groups is 1. The molecule has 0 bridgehead atoms. The zero-order valence-corrected chi connectivity index (χ0v) is 24.6. The number of nitrogens with zero attached hydrogens (tertiary/aromatic N) is 3. The van der Waals surface area contributed by atoms with E-state index in [1.54, 1.807) is 11.8 Å². The number of ether oxygens (including phenoxy) is 2. The number of fused-ring (bicyclic) bond motifs is 1. The van der Waals surface area contributed by atoms with Gasteiger partial charge >= 0.3 is 0 Å². The molecule has 1 unspecified atom stereocenters. The van der Waals surface area contributed by atoms with E-state index in [1.165, 1.54) is 0 Å². The molecule has 2 heterocycles. The largest absolute Gasteiger partial charge is 0.490 e. The van der Waals surface area contributed by atoms with Crippen LogP contribution in [0.2, 0.25) is 0 Å². The summed E-state index contributed by atoms with van der Waals surface area (Å²) in [4.78, 5) is 18.7. The van der Waals surface area contributed by atoms with E-state index < -0.39 is 6.04 Å². The minimum Gasteiger partial charge on any atom is -0.490 e. The molecule has 0 saturated heterocycles. The Morgan fingerprint density at radius 2 is 1.90 bits per heavy atom. The summed E-state index contributed by atoms with van der Waals surface area (Å²) < 4.78 is 13.7. The minimum absolute atomic E-state index is 0.190. The van der Waals surface area contributed by atoms with Crippen molar-refractivity contribution in [2.75, 3.05) is 29.6 Å². The first-order chi connectivity index (χ1) is 18.9. The minimum atomic E-state index is -0.501. The molecule has 1 aliphatic rings. The van der Waals surface area contributed by atoms with Gasteiger partial charge in [0, 0.05) is 17.1 Å². The molecule has 2 aromatic carbocycles. The third-order valence-electron chi connectivity index (χ3n) is 6.70. The first kappa shape index (κ1) is 28.5. The lowest BCUT2D eigenvalue weighted by atomic mass is 9.94. The van der Waals surface area contributed by atoms with Crippen LogP contribution in [0.15, 0.2) is 52.8 Å². The average Bonchev–Trinajstić information content (AvgIpc) is 3.32. The van der Waals surface area contributed by atoms with Gasteiger partial charge in [-0.05, 0) is 75.4 Å². The van der Waals surface area contributed by atoms with Gasteiger partial charge in [0.05, 0.1) is 18.8 Å². The lowest BCUT2D eigenvalue weighted by Gasteiger charge is -2.29. The van der Waals surface area contributed by atoms with E-state index >= 15 is 0 Å². The Kier molecular flexibility index (Phi) is 9.56. The van der Waals surface area contributed by atoms with Gasteiger partial charge in [-0.25, -0.2) is 4.68 Å². The molecule has 3 aromatic rings. The fraction of sp³-hybridized carbons (Fsp3) is 0.433. The molecular formula is C30H39N5O3S. The van der Waals surface area contributed by atoms with E-state index in [2.05, 4.69) is 24.5 Å². The first-order valence-corrected chi connectivity index (χ1v) is 14.7. The van der Waals surface area contributed by atoms with Crippen molar-refractivity contribution >= 4 is 29.3 Å². The Balaban J connectivity index is 1.78. The topological polar surface area (TPSA) is 90.3 Å². The number of aromatic nitrogens is 3.